The average Bonchev–Trinajstić information content (AvgIpc) is 3.27. The summed E-state index contributed by atoms with van der Waals surface area (Å²) in [7, 11) is 1.51. The van der Waals surface area contributed by atoms with Gasteiger partial charge in [-0.25, -0.2) is 22.0 Å². The SMILES string of the molecule is Cn1nc(N)cc1-c1c(F)cc([C@H]2C[C@H](F)[C@H](F)c3cc(F)cc(C#N)c32)c2c1[C@H](O)[C@H](F)C2. The minimum absolute atomic E-state index is 0.0227. The van der Waals surface area contributed by atoms with Gasteiger partial charge >= 0.3 is 0 Å². The van der Waals surface area contributed by atoms with Gasteiger partial charge in [0.25, 0.3) is 0 Å². The van der Waals surface area contributed by atoms with Crippen molar-refractivity contribution >= 4 is 5.82 Å². The first-order valence-corrected chi connectivity index (χ1v) is 10.6. The van der Waals surface area contributed by atoms with Crippen molar-refractivity contribution in [3.05, 3.63) is 69.3 Å². The molecular formula is C24H19F5N4O. The summed E-state index contributed by atoms with van der Waals surface area (Å²) in [5.41, 5.74) is 5.70. The van der Waals surface area contributed by atoms with E-state index in [0.29, 0.717) is 0 Å². The summed E-state index contributed by atoms with van der Waals surface area (Å²) in [5.74, 6) is -2.69. The van der Waals surface area contributed by atoms with Gasteiger partial charge in [-0.1, -0.05) is 0 Å². The molecule has 0 spiro atoms. The van der Waals surface area contributed by atoms with Gasteiger partial charge in [0.15, 0.2) is 6.17 Å². The lowest BCUT2D eigenvalue weighted by Gasteiger charge is -2.33. The molecule has 1 heterocycles. The zero-order valence-corrected chi connectivity index (χ0v) is 17.9. The predicted octanol–water partition coefficient (Wildman–Crippen LogP) is 4.63. The van der Waals surface area contributed by atoms with Crippen molar-refractivity contribution in [2.24, 2.45) is 7.05 Å². The van der Waals surface area contributed by atoms with Gasteiger partial charge in [-0.2, -0.15) is 10.4 Å². The molecule has 5 nitrogen and oxygen atoms in total. The molecule has 176 valence electrons. The summed E-state index contributed by atoms with van der Waals surface area (Å²) in [6.07, 6.45) is -8.39. The van der Waals surface area contributed by atoms with Crippen LogP contribution in [0.3, 0.4) is 0 Å². The smallest absolute Gasteiger partial charge is 0.157 e. The second-order valence-electron chi connectivity index (χ2n) is 8.73. The number of hydrogen-bond acceptors (Lipinski definition) is 4. The van der Waals surface area contributed by atoms with Crippen molar-refractivity contribution in [3.8, 4) is 17.3 Å². The van der Waals surface area contributed by atoms with Crippen LogP contribution in [0.25, 0.3) is 11.3 Å². The highest BCUT2D eigenvalue weighted by molar-refractivity contribution is 5.72. The number of nitriles is 1. The fourth-order valence-electron chi connectivity index (χ4n) is 5.36. The Balaban J connectivity index is 1.80. The van der Waals surface area contributed by atoms with Gasteiger partial charge in [0, 0.05) is 31.0 Å². The highest BCUT2D eigenvalue weighted by atomic mass is 19.2. The first kappa shape index (κ1) is 22.3. The van der Waals surface area contributed by atoms with Crippen molar-refractivity contribution < 1.29 is 27.1 Å². The van der Waals surface area contributed by atoms with E-state index in [2.05, 4.69) is 5.10 Å². The van der Waals surface area contributed by atoms with Crippen molar-refractivity contribution in [2.45, 2.75) is 43.4 Å². The topological polar surface area (TPSA) is 87.9 Å². The number of fused-ring (bicyclic) bond motifs is 2. The Bertz CT molecular complexity index is 1360. The van der Waals surface area contributed by atoms with Gasteiger partial charge in [0.1, 0.15) is 35.9 Å². The standard InChI is InChI=1S/C24H19F5N4O/c1-33-18(7-19(31)32-33)22-15(26)4-11(13-6-17(28)24(34)21(13)22)12-5-16(27)23(29)14-3-10(25)2-9(8-30)20(12)14/h2-4,7,12,16-17,23-24,34H,5-6H2,1H3,(H2,31,32)/t12-,16+,17-,23-,24-/m1/s1. The third kappa shape index (κ3) is 3.18. The number of hydrogen-bond donors (Lipinski definition) is 2. The number of benzene rings is 2. The van der Waals surface area contributed by atoms with E-state index in [1.54, 1.807) is 6.07 Å². The van der Waals surface area contributed by atoms with Crippen LogP contribution < -0.4 is 5.73 Å². The minimum Gasteiger partial charge on any atom is -0.385 e. The van der Waals surface area contributed by atoms with Crippen LogP contribution in [-0.2, 0) is 13.5 Å². The molecule has 2 aliphatic carbocycles. The van der Waals surface area contributed by atoms with Gasteiger partial charge in [0.05, 0.1) is 17.3 Å². The molecule has 1 aromatic heterocycles. The summed E-state index contributed by atoms with van der Waals surface area (Å²) in [5, 5.41) is 24.2. The first-order chi connectivity index (χ1) is 16.1. The Morgan fingerprint density at radius 1 is 1.09 bits per heavy atom. The molecule has 0 saturated heterocycles. The highest BCUT2D eigenvalue weighted by Crippen LogP contribution is 2.51. The number of nitrogens with two attached hydrogens (primary N) is 1. The van der Waals surface area contributed by atoms with Crippen LogP contribution in [0, 0.1) is 23.0 Å². The Morgan fingerprint density at radius 2 is 1.82 bits per heavy atom. The molecular weight excluding hydrogens is 455 g/mol. The summed E-state index contributed by atoms with van der Waals surface area (Å²) < 4.78 is 75.2. The zero-order valence-electron chi connectivity index (χ0n) is 17.9. The molecule has 2 aliphatic rings. The molecule has 5 rings (SSSR count). The number of aromatic nitrogens is 2. The number of rotatable bonds is 2. The fraction of sp³-hybridized carbons (Fsp3) is 0.333. The largest absolute Gasteiger partial charge is 0.385 e. The molecule has 10 heteroatoms. The van der Waals surface area contributed by atoms with Gasteiger partial charge in [-0.15, -0.1) is 0 Å². The minimum atomic E-state index is -2.16. The van der Waals surface area contributed by atoms with E-state index < -0.39 is 48.6 Å². The maximum Gasteiger partial charge on any atom is 0.157 e. The molecule has 0 radical (unpaired) electrons. The van der Waals surface area contributed by atoms with Crippen LogP contribution in [0.2, 0.25) is 0 Å². The molecule has 0 aliphatic heterocycles. The quantitative estimate of drug-likeness (QED) is 0.530. The Kier molecular flexibility index (Phi) is 5.13. The van der Waals surface area contributed by atoms with Crippen molar-refractivity contribution in [1.82, 2.24) is 9.78 Å². The summed E-state index contributed by atoms with van der Waals surface area (Å²) in [4.78, 5) is 0. The van der Waals surface area contributed by atoms with Crippen LogP contribution >= 0.6 is 0 Å². The third-order valence-electron chi connectivity index (χ3n) is 6.75. The van der Waals surface area contributed by atoms with Crippen LogP contribution in [0.5, 0.6) is 0 Å². The summed E-state index contributed by atoms with van der Waals surface area (Å²) in [6, 6.07) is 6.02. The van der Waals surface area contributed by atoms with E-state index in [9.17, 15) is 27.9 Å². The van der Waals surface area contributed by atoms with Crippen LogP contribution in [0.15, 0.2) is 24.3 Å². The lowest BCUT2D eigenvalue weighted by molar-refractivity contribution is 0.0927. The van der Waals surface area contributed by atoms with E-state index >= 15 is 4.39 Å². The van der Waals surface area contributed by atoms with Crippen LogP contribution in [-0.4, -0.2) is 27.2 Å². The molecule has 0 unspecified atom stereocenters. The number of nitrogens with zero attached hydrogens (tertiary/aromatic N) is 3. The second-order valence-corrected chi connectivity index (χ2v) is 8.73. The molecule has 34 heavy (non-hydrogen) atoms. The predicted molar refractivity (Wildman–Crippen MR) is 113 cm³/mol. The maximum absolute atomic E-state index is 15.6. The maximum atomic E-state index is 15.6. The number of aryl methyl sites for hydroxylation is 1. The molecule has 0 saturated carbocycles. The van der Waals surface area contributed by atoms with Crippen molar-refractivity contribution in [2.75, 3.05) is 5.73 Å². The molecule has 5 atom stereocenters. The zero-order chi connectivity index (χ0) is 24.5. The van der Waals surface area contributed by atoms with Gasteiger partial charge < -0.3 is 10.8 Å². The number of aliphatic hydroxyl groups excluding tert-OH is 1. The molecule has 3 N–H and O–H groups in total. The molecule has 3 aromatic rings. The normalized spacial score (nSPS) is 25.6. The Morgan fingerprint density at radius 3 is 2.47 bits per heavy atom. The number of nitrogen functional groups attached to an aromatic ring is 1. The Hall–Kier alpha value is -3.45. The van der Waals surface area contributed by atoms with Crippen molar-refractivity contribution in [1.29, 1.82) is 5.26 Å². The second kappa shape index (κ2) is 7.81. The number of alkyl halides is 3. The molecule has 0 bridgehead atoms. The number of anilines is 1. The Labute approximate surface area is 191 Å². The van der Waals surface area contributed by atoms with Gasteiger partial charge in [0.2, 0.25) is 0 Å². The summed E-state index contributed by atoms with van der Waals surface area (Å²) in [6.45, 7) is 0. The van der Waals surface area contributed by atoms with E-state index in [1.165, 1.54) is 17.8 Å². The van der Waals surface area contributed by atoms with E-state index in [1.807, 2.05) is 0 Å². The monoisotopic (exact) mass is 474 g/mol. The van der Waals surface area contributed by atoms with Crippen LogP contribution in [0.4, 0.5) is 27.8 Å². The molecule has 2 aromatic carbocycles. The molecule has 0 amide bonds. The highest BCUT2D eigenvalue weighted by Gasteiger charge is 2.43. The average molecular weight is 474 g/mol. The van der Waals surface area contributed by atoms with Gasteiger partial charge in [-0.3, -0.25) is 4.68 Å². The van der Waals surface area contributed by atoms with E-state index in [4.69, 9.17) is 5.73 Å². The van der Waals surface area contributed by atoms with Crippen LogP contribution in [0.1, 0.15) is 58.0 Å². The number of halogens is 5. The van der Waals surface area contributed by atoms with E-state index in [-0.39, 0.29) is 56.9 Å². The van der Waals surface area contributed by atoms with Crippen molar-refractivity contribution in [3.63, 3.8) is 0 Å². The fourth-order valence-corrected chi connectivity index (χ4v) is 5.36. The third-order valence-corrected chi connectivity index (χ3v) is 6.75. The lowest BCUT2D eigenvalue weighted by Crippen LogP contribution is -2.25. The summed E-state index contributed by atoms with van der Waals surface area (Å²) >= 11 is 0. The number of aliphatic hydroxyl groups is 1. The van der Waals surface area contributed by atoms with Gasteiger partial charge in [-0.05, 0) is 52.4 Å². The molecule has 0 fully saturated rings. The lowest BCUT2D eigenvalue weighted by atomic mass is 9.73. The van der Waals surface area contributed by atoms with E-state index in [0.717, 1.165) is 18.2 Å². The first-order valence-electron chi connectivity index (χ1n) is 10.6.